The van der Waals surface area contributed by atoms with E-state index in [9.17, 15) is 4.79 Å². The Balaban J connectivity index is 3.19. The molecular formula is C11H9NO3. The lowest BCUT2D eigenvalue weighted by atomic mass is 10.1. The van der Waals surface area contributed by atoms with E-state index in [0.29, 0.717) is 16.9 Å². The highest BCUT2D eigenvalue weighted by atomic mass is 16.5. The molecule has 0 heterocycles. The highest BCUT2D eigenvalue weighted by Crippen LogP contribution is 2.21. The summed E-state index contributed by atoms with van der Waals surface area (Å²) in [7, 11) is 1.46. The van der Waals surface area contributed by atoms with Crippen LogP contribution in [0.1, 0.15) is 11.1 Å². The van der Waals surface area contributed by atoms with Crippen LogP contribution in [0.3, 0.4) is 0 Å². The van der Waals surface area contributed by atoms with Gasteiger partial charge in [-0.25, -0.2) is 4.79 Å². The minimum atomic E-state index is -1.05. The molecule has 0 aromatic heterocycles. The number of carbonyl (C=O) groups is 1. The Morgan fingerprint density at radius 2 is 2.33 bits per heavy atom. The van der Waals surface area contributed by atoms with Crippen LogP contribution in [0, 0.1) is 11.3 Å². The summed E-state index contributed by atoms with van der Waals surface area (Å²) in [5.41, 5.74) is 0.858. The average molecular weight is 203 g/mol. The monoisotopic (exact) mass is 203 g/mol. The number of ether oxygens (including phenoxy) is 1. The van der Waals surface area contributed by atoms with Gasteiger partial charge in [0.25, 0.3) is 0 Å². The van der Waals surface area contributed by atoms with Gasteiger partial charge in [-0.3, -0.25) is 0 Å². The summed E-state index contributed by atoms with van der Waals surface area (Å²) in [6.45, 7) is 0. The number of methoxy groups -OCH3 is 1. The number of hydrogen-bond donors (Lipinski definition) is 1. The van der Waals surface area contributed by atoms with E-state index in [4.69, 9.17) is 15.1 Å². The second-order valence-corrected chi connectivity index (χ2v) is 2.71. The van der Waals surface area contributed by atoms with Crippen LogP contribution in [0.15, 0.2) is 24.3 Å². The molecule has 0 amide bonds. The zero-order valence-corrected chi connectivity index (χ0v) is 8.10. The normalized spacial score (nSPS) is 9.87. The van der Waals surface area contributed by atoms with Gasteiger partial charge in [0, 0.05) is 6.08 Å². The number of nitrogens with zero attached hydrogens (tertiary/aromatic N) is 1. The number of carboxylic acids is 1. The maximum absolute atomic E-state index is 10.3. The quantitative estimate of drug-likeness (QED) is 0.758. The van der Waals surface area contributed by atoms with Crippen molar-refractivity contribution in [3.05, 3.63) is 35.4 Å². The van der Waals surface area contributed by atoms with E-state index in [1.165, 1.54) is 13.2 Å². The molecule has 0 saturated heterocycles. The van der Waals surface area contributed by atoms with Crippen LogP contribution in [-0.4, -0.2) is 18.2 Å². The zero-order chi connectivity index (χ0) is 11.3. The van der Waals surface area contributed by atoms with Crippen molar-refractivity contribution in [3.8, 4) is 11.8 Å². The summed E-state index contributed by atoms with van der Waals surface area (Å²) in [6.07, 6.45) is 2.35. The third kappa shape index (κ3) is 2.58. The minimum absolute atomic E-state index is 0.331. The van der Waals surface area contributed by atoms with Crippen molar-refractivity contribution >= 4 is 12.0 Å². The Hall–Kier alpha value is -2.28. The SMILES string of the molecule is COc1cccc(C=CC(=O)O)c1C#N. The lowest BCUT2D eigenvalue weighted by Gasteiger charge is -2.04. The number of nitriles is 1. The molecule has 1 N–H and O–H groups in total. The number of carboxylic acid groups (broad SMARTS) is 1. The maximum Gasteiger partial charge on any atom is 0.328 e. The molecule has 0 bridgehead atoms. The molecule has 0 aliphatic rings. The largest absolute Gasteiger partial charge is 0.495 e. The van der Waals surface area contributed by atoms with Gasteiger partial charge in [0.15, 0.2) is 0 Å². The molecule has 4 nitrogen and oxygen atoms in total. The molecule has 1 aromatic rings. The third-order valence-electron chi connectivity index (χ3n) is 1.80. The van der Waals surface area contributed by atoms with Gasteiger partial charge in [0.1, 0.15) is 17.4 Å². The lowest BCUT2D eigenvalue weighted by molar-refractivity contribution is -0.131. The molecule has 4 heteroatoms. The summed E-state index contributed by atoms with van der Waals surface area (Å²) < 4.78 is 4.98. The van der Waals surface area contributed by atoms with Crippen LogP contribution in [-0.2, 0) is 4.79 Å². The Morgan fingerprint density at radius 1 is 1.60 bits per heavy atom. The molecule has 0 aliphatic carbocycles. The molecule has 0 fully saturated rings. The fourth-order valence-electron chi connectivity index (χ4n) is 1.14. The topological polar surface area (TPSA) is 70.3 Å². The van der Waals surface area contributed by atoms with E-state index >= 15 is 0 Å². The van der Waals surface area contributed by atoms with Crippen molar-refractivity contribution in [2.75, 3.05) is 7.11 Å². The van der Waals surface area contributed by atoms with Gasteiger partial charge in [0.2, 0.25) is 0 Å². The van der Waals surface area contributed by atoms with Gasteiger partial charge >= 0.3 is 5.97 Å². The molecule has 0 radical (unpaired) electrons. The zero-order valence-electron chi connectivity index (χ0n) is 8.10. The number of aliphatic carboxylic acids is 1. The second-order valence-electron chi connectivity index (χ2n) is 2.71. The van der Waals surface area contributed by atoms with Crippen LogP contribution in [0.2, 0.25) is 0 Å². The van der Waals surface area contributed by atoms with Crippen LogP contribution >= 0.6 is 0 Å². The molecular weight excluding hydrogens is 194 g/mol. The first kappa shape index (κ1) is 10.8. The van der Waals surface area contributed by atoms with E-state index in [2.05, 4.69) is 0 Å². The first-order chi connectivity index (χ1) is 7.19. The Morgan fingerprint density at radius 3 is 2.87 bits per heavy atom. The molecule has 76 valence electrons. The van der Waals surface area contributed by atoms with Gasteiger partial charge < -0.3 is 9.84 Å². The molecule has 0 aliphatic heterocycles. The van der Waals surface area contributed by atoms with Crippen LogP contribution in [0.25, 0.3) is 6.08 Å². The minimum Gasteiger partial charge on any atom is -0.495 e. The first-order valence-corrected chi connectivity index (χ1v) is 4.17. The Labute approximate surface area is 87.0 Å². The molecule has 1 aromatic carbocycles. The summed E-state index contributed by atoms with van der Waals surface area (Å²) >= 11 is 0. The van der Waals surface area contributed by atoms with E-state index in [0.717, 1.165) is 6.08 Å². The Bertz CT molecular complexity index is 444. The smallest absolute Gasteiger partial charge is 0.328 e. The fourth-order valence-corrected chi connectivity index (χ4v) is 1.14. The summed E-state index contributed by atoms with van der Waals surface area (Å²) in [6, 6.07) is 6.97. The van der Waals surface area contributed by atoms with Crippen molar-refractivity contribution in [3.63, 3.8) is 0 Å². The van der Waals surface area contributed by atoms with Crippen LogP contribution in [0.4, 0.5) is 0 Å². The van der Waals surface area contributed by atoms with Crippen molar-refractivity contribution in [1.29, 1.82) is 5.26 Å². The van der Waals surface area contributed by atoms with Gasteiger partial charge in [-0.1, -0.05) is 12.1 Å². The van der Waals surface area contributed by atoms with Crippen molar-refractivity contribution < 1.29 is 14.6 Å². The maximum atomic E-state index is 10.3. The highest BCUT2D eigenvalue weighted by Gasteiger charge is 2.05. The van der Waals surface area contributed by atoms with Crippen LogP contribution in [0.5, 0.6) is 5.75 Å². The molecule has 0 atom stereocenters. The van der Waals surface area contributed by atoms with Crippen LogP contribution < -0.4 is 4.74 Å². The van der Waals surface area contributed by atoms with E-state index in [-0.39, 0.29) is 0 Å². The third-order valence-corrected chi connectivity index (χ3v) is 1.80. The highest BCUT2D eigenvalue weighted by molar-refractivity contribution is 5.86. The average Bonchev–Trinajstić information content (AvgIpc) is 2.25. The van der Waals surface area contributed by atoms with E-state index in [1.54, 1.807) is 18.2 Å². The van der Waals surface area contributed by atoms with Gasteiger partial charge in [-0.2, -0.15) is 5.26 Å². The second kappa shape index (κ2) is 4.82. The fraction of sp³-hybridized carbons (Fsp3) is 0.0909. The molecule has 0 unspecified atom stereocenters. The molecule has 0 saturated carbocycles. The van der Waals surface area contributed by atoms with Crippen molar-refractivity contribution in [1.82, 2.24) is 0 Å². The number of rotatable bonds is 3. The predicted molar refractivity (Wildman–Crippen MR) is 54.4 cm³/mol. The summed E-state index contributed by atoms with van der Waals surface area (Å²) in [5.74, 6) is -0.619. The van der Waals surface area contributed by atoms with Gasteiger partial charge in [-0.05, 0) is 17.7 Å². The van der Waals surface area contributed by atoms with E-state index < -0.39 is 5.97 Å². The summed E-state index contributed by atoms with van der Waals surface area (Å²) in [4.78, 5) is 10.3. The van der Waals surface area contributed by atoms with E-state index in [1.807, 2.05) is 6.07 Å². The van der Waals surface area contributed by atoms with Gasteiger partial charge in [0.05, 0.1) is 7.11 Å². The standard InChI is InChI=1S/C11H9NO3/c1-15-10-4-2-3-8(9(10)7-12)5-6-11(13)14/h2-6H,1H3,(H,13,14). The molecule has 0 spiro atoms. The van der Waals surface area contributed by atoms with Crippen molar-refractivity contribution in [2.45, 2.75) is 0 Å². The summed E-state index contributed by atoms with van der Waals surface area (Å²) in [5, 5.41) is 17.3. The van der Waals surface area contributed by atoms with Crippen molar-refractivity contribution in [2.24, 2.45) is 0 Å². The number of hydrogen-bond acceptors (Lipinski definition) is 3. The van der Waals surface area contributed by atoms with Gasteiger partial charge in [-0.15, -0.1) is 0 Å². The number of benzene rings is 1. The Kier molecular flexibility index (Phi) is 3.47. The molecule has 1 rings (SSSR count). The predicted octanol–water partition coefficient (Wildman–Crippen LogP) is 1.66. The molecule has 15 heavy (non-hydrogen) atoms. The first-order valence-electron chi connectivity index (χ1n) is 4.17. The lowest BCUT2D eigenvalue weighted by Crippen LogP contribution is -1.91.